The zero-order valence-electron chi connectivity index (χ0n) is 9.16. The Kier molecular flexibility index (Phi) is 3.85. The van der Waals surface area contributed by atoms with Crippen molar-refractivity contribution in [2.24, 2.45) is 0 Å². The Morgan fingerprint density at radius 3 is 1.85 bits per heavy atom. The van der Waals surface area contributed by atoms with Gasteiger partial charge in [0.15, 0.2) is 0 Å². The predicted octanol–water partition coefficient (Wildman–Crippen LogP) is 3.86. The second-order valence-electron chi connectivity index (χ2n) is 3.66. The van der Waals surface area contributed by atoms with E-state index in [4.69, 9.17) is 5.73 Å². The smallest absolute Gasteiger partial charge is 0.393 e. The Balaban J connectivity index is 3.44. The zero-order valence-corrected chi connectivity index (χ0v) is 9.91. The fraction of sp³-hybridized carbons (Fsp3) is 0.444. The average Bonchev–Trinajstić information content (AvgIpc) is 2.27. The van der Waals surface area contributed by atoms with Gasteiger partial charge in [-0.25, -0.2) is 0 Å². The Morgan fingerprint density at radius 1 is 0.950 bits per heavy atom. The van der Waals surface area contributed by atoms with Crippen LogP contribution in [0.1, 0.15) is 5.69 Å². The molecule has 2 nitrogen and oxygen atoms in total. The minimum Gasteiger partial charge on any atom is -0.397 e. The first-order chi connectivity index (χ1) is 8.77. The molecule has 0 aromatic carbocycles. The maximum atomic E-state index is 13.5. The lowest BCUT2D eigenvalue weighted by Crippen LogP contribution is -2.59. The molecule has 1 rings (SSSR count). The van der Waals surface area contributed by atoms with Crippen molar-refractivity contribution in [2.75, 3.05) is 5.73 Å². The van der Waals surface area contributed by atoms with Crippen LogP contribution in [0.5, 0.6) is 0 Å². The quantitative estimate of drug-likeness (QED) is 0.673. The summed E-state index contributed by atoms with van der Waals surface area (Å²) in [5, 5.41) is -5.90. The molecule has 1 aromatic heterocycles. The summed E-state index contributed by atoms with van der Waals surface area (Å²) in [6.45, 7) is 0. The molecular formula is C9H5ClF8N2. The minimum atomic E-state index is -6.53. The van der Waals surface area contributed by atoms with Gasteiger partial charge in [0.25, 0.3) is 0 Å². The number of hydrogen-bond donors (Lipinski definition) is 1. The molecule has 0 saturated carbocycles. The third kappa shape index (κ3) is 2.25. The van der Waals surface area contributed by atoms with Crippen molar-refractivity contribution in [3.63, 3.8) is 0 Å². The highest BCUT2D eigenvalue weighted by molar-refractivity contribution is 6.22. The van der Waals surface area contributed by atoms with Crippen LogP contribution in [0.2, 0.25) is 0 Å². The summed E-state index contributed by atoms with van der Waals surface area (Å²) in [6, 6.07) is 1.63. The highest BCUT2D eigenvalue weighted by atomic mass is 35.5. The van der Waals surface area contributed by atoms with E-state index in [2.05, 4.69) is 16.6 Å². The standard InChI is InChI=1S/C9H5ClF8N2/c10-9(17,18)8(15,16)7(13,14)6(11,12)5-4(19)2-1-3-20-5/h1-3H,19H2. The van der Waals surface area contributed by atoms with E-state index in [1.165, 1.54) is 0 Å². The van der Waals surface area contributed by atoms with Gasteiger partial charge in [-0.3, -0.25) is 4.98 Å². The maximum Gasteiger partial charge on any atom is 0.393 e. The summed E-state index contributed by atoms with van der Waals surface area (Å²) >= 11 is 3.79. The second-order valence-corrected chi connectivity index (χ2v) is 4.14. The summed E-state index contributed by atoms with van der Waals surface area (Å²) in [5.41, 5.74) is 1.90. The van der Waals surface area contributed by atoms with Crippen LogP contribution in [-0.4, -0.2) is 22.2 Å². The van der Waals surface area contributed by atoms with Crippen LogP contribution in [0, 0.1) is 0 Å². The average molecular weight is 329 g/mol. The van der Waals surface area contributed by atoms with Gasteiger partial charge in [-0.05, 0) is 23.7 Å². The number of rotatable bonds is 4. The van der Waals surface area contributed by atoms with E-state index in [1.54, 1.807) is 0 Å². The zero-order chi connectivity index (χ0) is 16.0. The van der Waals surface area contributed by atoms with Crippen LogP contribution in [0.15, 0.2) is 18.3 Å². The number of nitrogens with zero attached hydrogens (tertiary/aromatic N) is 1. The number of hydrogen-bond acceptors (Lipinski definition) is 2. The van der Waals surface area contributed by atoms with Crippen LogP contribution < -0.4 is 5.73 Å². The molecule has 0 aliphatic carbocycles. The van der Waals surface area contributed by atoms with Gasteiger partial charge < -0.3 is 5.73 Å². The highest BCUT2D eigenvalue weighted by Gasteiger charge is 2.81. The number of nitrogen functional groups attached to an aromatic ring is 1. The van der Waals surface area contributed by atoms with Crippen molar-refractivity contribution in [3.05, 3.63) is 24.0 Å². The van der Waals surface area contributed by atoms with E-state index in [-0.39, 0.29) is 0 Å². The fourth-order valence-electron chi connectivity index (χ4n) is 1.20. The van der Waals surface area contributed by atoms with Crippen LogP contribution >= 0.6 is 11.6 Å². The van der Waals surface area contributed by atoms with Crippen molar-refractivity contribution < 1.29 is 35.1 Å². The molecule has 11 heteroatoms. The molecule has 0 spiro atoms. The molecule has 0 saturated heterocycles. The summed E-state index contributed by atoms with van der Waals surface area (Å²) < 4.78 is 104. The normalized spacial score (nSPS) is 14.4. The molecule has 0 radical (unpaired) electrons. The van der Waals surface area contributed by atoms with Gasteiger partial charge in [0.2, 0.25) is 0 Å². The summed E-state index contributed by atoms with van der Waals surface area (Å²) in [7, 11) is 0. The molecule has 1 heterocycles. The lowest BCUT2D eigenvalue weighted by molar-refractivity contribution is -0.353. The van der Waals surface area contributed by atoms with Gasteiger partial charge in [-0.15, -0.1) is 0 Å². The predicted molar refractivity (Wildman–Crippen MR) is 53.2 cm³/mol. The summed E-state index contributed by atoms with van der Waals surface area (Å²) in [4.78, 5) is 2.74. The lowest BCUT2D eigenvalue weighted by Gasteiger charge is -2.34. The number of alkyl halides is 9. The molecule has 20 heavy (non-hydrogen) atoms. The number of nitrogens with two attached hydrogens (primary N) is 1. The maximum absolute atomic E-state index is 13.5. The van der Waals surface area contributed by atoms with E-state index in [9.17, 15) is 35.1 Å². The molecule has 1 aromatic rings. The van der Waals surface area contributed by atoms with Crippen molar-refractivity contribution in [1.29, 1.82) is 0 Å². The van der Waals surface area contributed by atoms with Crippen molar-refractivity contribution >= 4 is 17.3 Å². The van der Waals surface area contributed by atoms with Crippen LogP contribution in [0.3, 0.4) is 0 Å². The van der Waals surface area contributed by atoms with Gasteiger partial charge in [0, 0.05) is 6.20 Å². The number of halogens is 9. The molecule has 114 valence electrons. The highest BCUT2D eigenvalue weighted by Crippen LogP contribution is 2.57. The molecule has 0 bridgehead atoms. The van der Waals surface area contributed by atoms with E-state index in [0.29, 0.717) is 12.3 Å². The first kappa shape index (κ1) is 16.7. The molecule has 0 atom stereocenters. The van der Waals surface area contributed by atoms with Crippen molar-refractivity contribution in [3.8, 4) is 0 Å². The third-order valence-corrected chi connectivity index (χ3v) is 2.52. The molecule has 0 aliphatic rings. The molecule has 0 aliphatic heterocycles. The van der Waals surface area contributed by atoms with E-state index in [0.717, 1.165) is 6.07 Å². The Morgan fingerprint density at radius 2 is 1.45 bits per heavy atom. The van der Waals surface area contributed by atoms with Gasteiger partial charge in [0.05, 0.1) is 5.69 Å². The van der Waals surface area contributed by atoms with Gasteiger partial charge in [0.1, 0.15) is 5.69 Å². The molecule has 2 N–H and O–H groups in total. The topological polar surface area (TPSA) is 38.9 Å². The minimum absolute atomic E-state index is 0.562. The molecule has 0 fully saturated rings. The molecule has 0 amide bonds. The largest absolute Gasteiger partial charge is 0.397 e. The number of anilines is 1. The number of pyridine rings is 1. The monoisotopic (exact) mass is 328 g/mol. The second kappa shape index (κ2) is 4.61. The van der Waals surface area contributed by atoms with Crippen LogP contribution in [0.25, 0.3) is 0 Å². The Labute approximate surface area is 111 Å². The van der Waals surface area contributed by atoms with Crippen molar-refractivity contribution in [1.82, 2.24) is 4.98 Å². The SMILES string of the molecule is Nc1cccnc1C(F)(F)C(F)(F)C(F)(F)C(F)(F)Cl. The van der Waals surface area contributed by atoms with Crippen LogP contribution in [0.4, 0.5) is 40.8 Å². The molecular weight excluding hydrogens is 324 g/mol. The first-order valence-corrected chi connectivity index (χ1v) is 5.05. The number of aromatic nitrogens is 1. The summed E-state index contributed by atoms with van der Waals surface area (Å²) in [6.07, 6.45) is 0.562. The lowest BCUT2D eigenvalue weighted by atomic mass is 10.00. The fourth-order valence-corrected chi connectivity index (χ4v) is 1.32. The Hall–Kier alpha value is -1.32. The summed E-state index contributed by atoms with van der Waals surface area (Å²) in [5.74, 6) is -18.8. The van der Waals surface area contributed by atoms with Gasteiger partial charge in [-0.1, -0.05) is 0 Å². The first-order valence-electron chi connectivity index (χ1n) is 4.68. The Bertz CT molecular complexity index is 499. The van der Waals surface area contributed by atoms with E-state index in [1.807, 2.05) is 0 Å². The van der Waals surface area contributed by atoms with E-state index >= 15 is 0 Å². The van der Waals surface area contributed by atoms with Gasteiger partial charge in [-0.2, -0.15) is 35.1 Å². The van der Waals surface area contributed by atoms with Crippen molar-refractivity contribution in [2.45, 2.75) is 23.1 Å². The van der Waals surface area contributed by atoms with Gasteiger partial charge >= 0.3 is 23.1 Å². The third-order valence-electron chi connectivity index (χ3n) is 2.28. The van der Waals surface area contributed by atoms with E-state index < -0.39 is 34.5 Å². The van der Waals surface area contributed by atoms with Crippen LogP contribution in [-0.2, 0) is 5.92 Å². The molecule has 0 unspecified atom stereocenters.